The largest absolute Gasteiger partial charge is 0.514 e. The van der Waals surface area contributed by atoms with E-state index in [1.54, 1.807) is 24.3 Å². The number of aromatic amines is 1. The Bertz CT molecular complexity index is 618. The van der Waals surface area contributed by atoms with Crippen LogP contribution in [0.5, 0.6) is 11.6 Å². The van der Waals surface area contributed by atoms with Gasteiger partial charge in [-0.15, -0.1) is 0 Å². The van der Waals surface area contributed by atoms with Crippen LogP contribution < -0.4 is 9.47 Å². The molecule has 0 saturated heterocycles. The minimum absolute atomic E-state index is 0.0292. The molecule has 1 aromatic heterocycles. The van der Waals surface area contributed by atoms with Crippen LogP contribution in [0.25, 0.3) is 10.9 Å². The zero-order chi connectivity index (χ0) is 13.8. The molecule has 1 aromatic carbocycles. The van der Waals surface area contributed by atoms with Crippen LogP contribution in [0.2, 0.25) is 0 Å². The Labute approximate surface area is 108 Å². The van der Waals surface area contributed by atoms with Gasteiger partial charge in [-0.1, -0.05) is 12.1 Å². The quantitative estimate of drug-likeness (QED) is 0.839. The third-order valence-electron chi connectivity index (χ3n) is 2.33. The zero-order valence-electron chi connectivity index (χ0n) is 10.3. The highest BCUT2D eigenvalue weighted by atomic mass is 16.7. The molecule has 1 N–H and O–H groups in total. The molecule has 0 radical (unpaired) electrons. The van der Waals surface area contributed by atoms with Crippen LogP contribution >= 0.6 is 0 Å². The molecule has 0 atom stereocenters. The molecule has 7 heteroatoms. The molecule has 0 aliphatic carbocycles. The maximum Gasteiger partial charge on any atom is 0.514 e. The van der Waals surface area contributed by atoms with E-state index >= 15 is 0 Å². The first-order valence-corrected chi connectivity index (χ1v) is 5.28. The number of benzene rings is 1. The van der Waals surface area contributed by atoms with Gasteiger partial charge in [0.1, 0.15) is 0 Å². The average Bonchev–Trinajstić information content (AvgIpc) is 2.76. The van der Waals surface area contributed by atoms with Gasteiger partial charge in [0.2, 0.25) is 11.6 Å². The summed E-state index contributed by atoms with van der Waals surface area (Å²) in [4.78, 5) is 25.1. The molecule has 2 aromatic rings. The Kier molecular flexibility index (Phi) is 3.56. The van der Waals surface area contributed by atoms with Crippen molar-refractivity contribution in [3.63, 3.8) is 0 Å². The van der Waals surface area contributed by atoms with E-state index in [2.05, 4.69) is 14.5 Å². The Morgan fingerprint density at radius 3 is 2.32 bits per heavy atom. The number of para-hydroxylation sites is 1. The fourth-order valence-electron chi connectivity index (χ4n) is 1.51. The summed E-state index contributed by atoms with van der Waals surface area (Å²) in [7, 11) is 2.35. The summed E-state index contributed by atoms with van der Waals surface area (Å²) in [6.07, 6.45) is -1.85. The number of aromatic nitrogens is 1. The van der Waals surface area contributed by atoms with E-state index in [9.17, 15) is 9.59 Å². The summed E-state index contributed by atoms with van der Waals surface area (Å²) in [5.74, 6) is 0.0336. The normalized spacial score (nSPS) is 10.0. The molecule has 0 spiro atoms. The molecule has 1 heterocycles. The number of carbonyl (C=O) groups is 2. The number of rotatable bonds is 2. The molecule has 0 unspecified atom stereocenters. The number of nitrogens with one attached hydrogen (secondary N) is 1. The molecule has 0 aliphatic heterocycles. The number of methoxy groups -OCH3 is 2. The minimum atomic E-state index is -0.929. The topological polar surface area (TPSA) is 86.9 Å². The van der Waals surface area contributed by atoms with Crippen molar-refractivity contribution < 1.29 is 28.5 Å². The van der Waals surface area contributed by atoms with Crippen molar-refractivity contribution in [1.29, 1.82) is 0 Å². The third-order valence-corrected chi connectivity index (χ3v) is 2.33. The summed E-state index contributed by atoms with van der Waals surface area (Å²) < 4.78 is 18.6. The fraction of sp³-hybridized carbons (Fsp3) is 0.167. The molecule has 7 nitrogen and oxygen atoms in total. The van der Waals surface area contributed by atoms with Gasteiger partial charge in [-0.05, 0) is 12.1 Å². The average molecular weight is 265 g/mol. The van der Waals surface area contributed by atoms with Gasteiger partial charge in [0.05, 0.1) is 19.7 Å². The van der Waals surface area contributed by atoms with Crippen LogP contribution in [0.3, 0.4) is 0 Å². The zero-order valence-corrected chi connectivity index (χ0v) is 10.3. The van der Waals surface area contributed by atoms with E-state index in [1.807, 2.05) is 0 Å². The van der Waals surface area contributed by atoms with Crippen molar-refractivity contribution in [2.24, 2.45) is 0 Å². The summed E-state index contributed by atoms with van der Waals surface area (Å²) in [5, 5.41) is 0.576. The first-order chi connectivity index (χ1) is 9.15. The molecule has 2 rings (SSSR count). The monoisotopic (exact) mass is 265 g/mol. The number of H-pyrrole nitrogens is 1. The number of hydrogen-bond acceptors (Lipinski definition) is 6. The van der Waals surface area contributed by atoms with Crippen LogP contribution in [0, 0.1) is 0 Å². The van der Waals surface area contributed by atoms with Crippen molar-refractivity contribution in [2.75, 3.05) is 14.2 Å². The van der Waals surface area contributed by atoms with Gasteiger partial charge in [0.15, 0.2) is 0 Å². The standard InChI is InChI=1S/C12H11NO6/c1-16-11(14)18-9-7-5-3-4-6-8(7)13-10(9)19-12(15)17-2/h3-6,13H,1-2H3. The number of ether oxygens (including phenoxy) is 4. The Morgan fingerprint density at radius 2 is 1.63 bits per heavy atom. The molecule has 0 saturated carbocycles. The lowest BCUT2D eigenvalue weighted by Crippen LogP contribution is -2.11. The maximum atomic E-state index is 11.2. The van der Waals surface area contributed by atoms with E-state index < -0.39 is 12.3 Å². The lowest BCUT2D eigenvalue weighted by molar-refractivity contribution is 0.110. The molecule has 0 bridgehead atoms. The van der Waals surface area contributed by atoms with Crippen LogP contribution in [-0.2, 0) is 9.47 Å². The number of fused-ring (bicyclic) bond motifs is 1. The highest BCUT2D eigenvalue weighted by Gasteiger charge is 2.20. The van der Waals surface area contributed by atoms with Crippen molar-refractivity contribution in [1.82, 2.24) is 4.98 Å². The van der Waals surface area contributed by atoms with Crippen LogP contribution in [-0.4, -0.2) is 31.5 Å². The van der Waals surface area contributed by atoms with Gasteiger partial charge in [0.25, 0.3) is 0 Å². The van der Waals surface area contributed by atoms with E-state index in [4.69, 9.17) is 9.47 Å². The van der Waals surface area contributed by atoms with Gasteiger partial charge >= 0.3 is 12.3 Å². The van der Waals surface area contributed by atoms with E-state index in [0.29, 0.717) is 10.9 Å². The van der Waals surface area contributed by atoms with Gasteiger partial charge in [-0.2, -0.15) is 0 Å². The van der Waals surface area contributed by atoms with Crippen LogP contribution in [0.1, 0.15) is 0 Å². The second kappa shape index (κ2) is 5.30. The lowest BCUT2D eigenvalue weighted by atomic mass is 10.2. The summed E-state index contributed by atoms with van der Waals surface area (Å²) in [5.41, 5.74) is 0.639. The second-order valence-corrected chi connectivity index (χ2v) is 3.44. The Hall–Kier alpha value is -2.70. The van der Waals surface area contributed by atoms with E-state index in [-0.39, 0.29) is 11.6 Å². The first kappa shape index (κ1) is 12.7. The van der Waals surface area contributed by atoms with Crippen LogP contribution in [0.15, 0.2) is 24.3 Å². The predicted molar refractivity (Wildman–Crippen MR) is 64.4 cm³/mol. The lowest BCUT2D eigenvalue weighted by Gasteiger charge is -2.04. The second-order valence-electron chi connectivity index (χ2n) is 3.44. The van der Waals surface area contributed by atoms with E-state index in [1.165, 1.54) is 14.2 Å². The summed E-state index contributed by atoms with van der Waals surface area (Å²) in [6, 6.07) is 6.97. The SMILES string of the molecule is COC(=O)Oc1[nH]c2ccccc2c1OC(=O)OC. The smallest absolute Gasteiger partial charge is 0.437 e. The van der Waals surface area contributed by atoms with E-state index in [0.717, 1.165) is 0 Å². The predicted octanol–water partition coefficient (Wildman–Crippen LogP) is 2.46. The number of carbonyl (C=O) groups excluding carboxylic acids is 2. The minimum Gasteiger partial charge on any atom is -0.437 e. The summed E-state index contributed by atoms with van der Waals surface area (Å²) >= 11 is 0. The molecule has 100 valence electrons. The molecular weight excluding hydrogens is 254 g/mol. The third kappa shape index (κ3) is 2.59. The molecule has 0 aliphatic rings. The maximum absolute atomic E-state index is 11.2. The van der Waals surface area contributed by atoms with Gasteiger partial charge < -0.3 is 23.9 Å². The van der Waals surface area contributed by atoms with Gasteiger partial charge in [-0.3, -0.25) is 0 Å². The highest BCUT2D eigenvalue weighted by Crippen LogP contribution is 2.36. The highest BCUT2D eigenvalue weighted by molar-refractivity contribution is 5.91. The molecule has 0 fully saturated rings. The van der Waals surface area contributed by atoms with Crippen molar-refractivity contribution in [2.45, 2.75) is 0 Å². The first-order valence-electron chi connectivity index (χ1n) is 5.28. The van der Waals surface area contributed by atoms with Gasteiger partial charge in [-0.25, -0.2) is 9.59 Å². The van der Waals surface area contributed by atoms with Gasteiger partial charge in [0, 0.05) is 5.39 Å². The molecule has 19 heavy (non-hydrogen) atoms. The van der Waals surface area contributed by atoms with Crippen molar-refractivity contribution >= 4 is 23.2 Å². The van der Waals surface area contributed by atoms with Crippen molar-refractivity contribution in [3.05, 3.63) is 24.3 Å². The Balaban J connectivity index is 2.45. The summed E-state index contributed by atoms with van der Waals surface area (Å²) in [6.45, 7) is 0. The van der Waals surface area contributed by atoms with Crippen molar-refractivity contribution in [3.8, 4) is 11.6 Å². The fourth-order valence-corrected chi connectivity index (χ4v) is 1.51. The molecular formula is C12H11NO6. The van der Waals surface area contributed by atoms with Crippen LogP contribution in [0.4, 0.5) is 9.59 Å². The number of hydrogen-bond donors (Lipinski definition) is 1. The Morgan fingerprint density at radius 1 is 1.00 bits per heavy atom. The molecule has 0 amide bonds.